The maximum atomic E-state index is 12.2. The molecule has 3 N–H and O–H groups in total. The fourth-order valence-corrected chi connectivity index (χ4v) is 5.03. The number of nitrogen functional groups attached to an aromatic ring is 1. The Bertz CT molecular complexity index is 708. The SMILES string of the molecule is C[C@@H](O)[C@H]1C(=O)N2C(C(=O)[O-])=C(CSc3nnc(N)s3)[C@H](C)[C@H]12.[Na+]. The third-order valence-electron chi connectivity index (χ3n) is 4.28. The van der Waals surface area contributed by atoms with Crippen molar-refractivity contribution in [1.82, 2.24) is 15.1 Å². The molecule has 0 saturated carbocycles. The van der Waals surface area contributed by atoms with Crippen molar-refractivity contribution in [3.05, 3.63) is 11.3 Å². The third-order valence-corrected chi connectivity index (χ3v) is 6.22. The van der Waals surface area contributed by atoms with Crippen LogP contribution in [0.15, 0.2) is 15.6 Å². The minimum atomic E-state index is -1.37. The van der Waals surface area contributed by atoms with E-state index in [0.29, 0.717) is 20.8 Å². The number of aliphatic hydroxyl groups excluding tert-OH is 1. The standard InChI is InChI=1S/C13H16N4O4S2.Na/c1-4-6(3-22-13-16-15-12(14)23-13)9(11(20)21)17-8(4)7(5(2)18)10(17)19;/h4-5,7-8,18H,3H2,1-2H3,(H2,14,15)(H,20,21);/q;+1/p-1/t4-,5+,7+,8+;/m0./s1. The van der Waals surface area contributed by atoms with Crippen molar-refractivity contribution in [2.45, 2.75) is 30.3 Å². The fourth-order valence-electron chi connectivity index (χ4n) is 3.24. The van der Waals surface area contributed by atoms with E-state index in [-0.39, 0.29) is 53.1 Å². The first-order valence-corrected chi connectivity index (χ1v) is 8.80. The second-order valence-electron chi connectivity index (χ2n) is 5.61. The molecule has 2 aliphatic heterocycles. The number of aromatic nitrogens is 2. The van der Waals surface area contributed by atoms with Gasteiger partial charge in [-0.3, -0.25) is 4.79 Å². The fraction of sp³-hybridized carbons (Fsp3) is 0.538. The van der Waals surface area contributed by atoms with Crippen LogP contribution in [0.4, 0.5) is 5.13 Å². The summed E-state index contributed by atoms with van der Waals surface area (Å²) in [5.74, 6) is -2.12. The molecule has 24 heavy (non-hydrogen) atoms. The average Bonchev–Trinajstić information content (AvgIpc) is 2.97. The van der Waals surface area contributed by atoms with Crippen molar-refractivity contribution in [2.75, 3.05) is 11.5 Å². The van der Waals surface area contributed by atoms with Crippen molar-refractivity contribution in [2.24, 2.45) is 11.8 Å². The maximum absolute atomic E-state index is 12.2. The Balaban J connectivity index is 0.00000208. The molecule has 1 aromatic heterocycles. The minimum absolute atomic E-state index is 0. The Morgan fingerprint density at radius 1 is 1.54 bits per heavy atom. The zero-order valence-electron chi connectivity index (χ0n) is 13.4. The van der Waals surface area contributed by atoms with Gasteiger partial charge in [-0.25, -0.2) is 0 Å². The monoisotopic (exact) mass is 378 g/mol. The zero-order chi connectivity index (χ0) is 16.9. The number of aliphatic hydroxyl groups is 1. The van der Waals surface area contributed by atoms with Crippen LogP contribution < -0.4 is 40.4 Å². The number of carboxylic acid groups (broad SMARTS) is 1. The first-order chi connectivity index (χ1) is 10.8. The minimum Gasteiger partial charge on any atom is -0.543 e. The van der Waals surface area contributed by atoms with Crippen molar-refractivity contribution in [1.29, 1.82) is 0 Å². The molecule has 4 atom stereocenters. The van der Waals surface area contributed by atoms with Crippen LogP contribution in [-0.2, 0) is 9.59 Å². The molecule has 0 aromatic carbocycles. The number of hydrogen-bond acceptors (Lipinski definition) is 9. The predicted octanol–water partition coefficient (Wildman–Crippen LogP) is -3.92. The van der Waals surface area contributed by atoms with E-state index in [1.807, 2.05) is 6.92 Å². The Hall–Kier alpha value is -0.650. The van der Waals surface area contributed by atoms with Crippen LogP contribution in [0.2, 0.25) is 0 Å². The summed E-state index contributed by atoms with van der Waals surface area (Å²) in [6, 6.07) is -0.328. The molecule has 0 aliphatic carbocycles. The molecule has 3 rings (SSSR count). The quantitative estimate of drug-likeness (QED) is 0.302. The number of nitrogens with zero attached hydrogens (tertiary/aromatic N) is 3. The van der Waals surface area contributed by atoms with Gasteiger partial charge >= 0.3 is 29.6 Å². The van der Waals surface area contributed by atoms with E-state index in [4.69, 9.17) is 5.73 Å². The summed E-state index contributed by atoms with van der Waals surface area (Å²) in [7, 11) is 0. The number of nitrogens with two attached hydrogens (primary N) is 1. The molecule has 8 nitrogen and oxygen atoms in total. The van der Waals surface area contributed by atoms with Gasteiger partial charge in [0.05, 0.1) is 29.7 Å². The Morgan fingerprint density at radius 2 is 2.21 bits per heavy atom. The smallest absolute Gasteiger partial charge is 0.543 e. The van der Waals surface area contributed by atoms with Crippen LogP contribution in [0.3, 0.4) is 0 Å². The number of hydrogen-bond donors (Lipinski definition) is 2. The van der Waals surface area contributed by atoms with Crippen LogP contribution in [-0.4, -0.2) is 50.0 Å². The van der Waals surface area contributed by atoms with Crippen molar-refractivity contribution in [3.63, 3.8) is 0 Å². The number of carbonyl (C=O) groups excluding carboxylic acids is 2. The first-order valence-electron chi connectivity index (χ1n) is 7.00. The van der Waals surface area contributed by atoms with Crippen LogP contribution in [0.5, 0.6) is 0 Å². The van der Waals surface area contributed by atoms with Crippen LogP contribution in [0, 0.1) is 11.8 Å². The number of β-lactam (4-membered cyclic amide) rings is 1. The van der Waals surface area contributed by atoms with Gasteiger partial charge in [0.25, 0.3) is 0 Å². The van der Waals surface area contributed by atoms with E-state index in [1.54, 1.807) is 6.92 Å². The summed E-state index contributed by atoms with van der Waals surface area (Å²) < 4.78 is 0.632. The number of fused-ring (bicyclic) bond motifs is 1. The molecule has 1 fully saturated rings. The molecule has 0 spiro atoms. The number of aliphatic carboxylic acids is 1. The van der Waals surface area contributed by atoms with Crippen LogP contribution in [0.1, 0.15) is 13.8 Å². The van der Waals surface area contributed by atoms with Crippen LogP contribution >= 0.6 is 23.1 Å². The molecule has 3 heterocycles. The second-order valence-corrected chi connectivity index (χ2v) is 7.84. The Labute approximate surface area is 168 Å². The molecule has 124 valence electrons. The average molecular weight is 378 g/mol. The van der Waals surface area contributed by atoms with Gasteiger partial charge < -0.3 is 25.6 Å². The molecule has 0 radical (unpaired) electrons. The van der Waals surface area contributed by atoms with Gasteiger partial charge in [0.1, 0.15) is 0 Å². The Morgan fingerprint density at radius 3 is 2.71 bits per heavy atom. The maximum Gasteiger partial charge on any atom is 1.00 e. The molecule has 1 amide bonds. The van der Waals surface area contributed by atoms with Gasteiger partial charge in [0, 0.05) is 11.7 Å². The van der Waals surface area contributed by atoms with E-state index >= 15 is 0 Å². The van der Waals surface area contributed by atoms with E-state index in [2.05, 4.69) is 10.2 Å². The number of carbonyl (C=O) groups is 2. The van der Waals surface area contributed by atoms with Gasteiger partial charge in [0.2, 0.25) is 11.0 Å². The summed E-state index contributed by atoms with van der Waals surface area (Å²) in [5, 5.41) is 29.2. The predicted molar refractivity (Wildman–Crippen MR) is 82.0 cm³/mol. The van der Waals surface area contributed by atoms with Crippen molar-refractivity contribution in [3.8, 4) is 0 Å². The summed E-state index contributed by atoms with van der Waals surface area (Å²) in [6.45, 7) is 3.40. The van der Waals surface area contributed by atoms with E-state index in [1.165, 1.54) is 28.0 Å². The van der Waals surface area contributed by atoms with E-state index in [9.17, 15) is 19.8 Å². The normalized spacial score (nSPS) is 26.7. The van der Waals surface area contributed by atoms with Gasteiger partial charge in [-0.2, -0.15) is 0 Å². The van der Waals surface area contributed by atoms with Gasteiger partial charge in [-0.05, 0) is 12.5 Å². The van der Waals surface area contributed by atoms with E-state index in [0.717, 1.165) is 0 Å². The van der Waals surface area contributed by atoms with Crippen molar-refractivity contribution < 1.29 is 49.4 Å². The Kier molecular flexibility index (Phi) is 5.99. The number of thioether (sulfide) groups is 1. The topological polar surface area (TPSA) is 132 Å². The van der Waals surface area contributed by atoms with Gasteiger partial charge in [-0.1, -0.05) is 30.0 Å². The zero-order valence-corrected chi connectivity index (χ0v) is 17.1. The molecule has 1 aromatic rings. The molecule has 2 aliphatic rings. The molecular weight excluding hydrogens is 363 g/mol. The summed E-state index contributed by atoms with van der Waals surface area (Å²) in [6.07, 6.45) is -0.816. The third kappa shape index (κ3) is 3.11. The molecule has 11 heteroatoms. The molecular formula is C13H15N4NaO4S2. The van der Waals surface area contributed by atoms with Gasteiger partial charge in [0.15, 0.2) is 4.34 Å². The second kappa shape index (κ2) is 7.30. The summed E-state index contributed by atoms with van der Waals surface area (Å²) in [5.41, 5.74) is 6.07. The number of rotatable bonds is 5. The summed E-state index contributed by atoms with van der Waals surface area (Å²) in [4.78, 5) is 24.9. The number of carboxylic acids is 1. The van der Waals surface area contributed by atoms with E-state index < -0.39 is 18.0 Å². The molecule has 0 unspecified atom stereocenters. The first kappa shape index (κ1) is 19.7. The van der Waals surface area contributed by atoms with Gasteiger partial charge in [-0.15, -0.1) is 10.2 Å². The summed E-state index contributed by atoms with van der Waals surface area (Å²) >= 11 is 2.54. The van der Waals surface area contributed by atoms with Crippen molar-refractivity contribution >= 4 is 40.1 Å². The molecule has 0 bridgehead atoms. The largest absolute Gasteiger partial charge is 1.00 e. The molecule has 1 saturated heterocycles. The number of amides is 1. The number of anilines is 1. The van der Waals surface area contributed by atoms with Crippen LogP contribution in [0.25, 0.3) is 0 Å².